The van der Waals surface area contributed by atoms with Crippen LogP contribution in [0.3, 0.4) is 0 Å². The molecule has 5 heteroatoms. The molecule has 0 aliphatic rings. The second-order valence-corrected chi connectivity index (χ2v) is 3.52. The molecule has 2 aromatic rings. The van der Waals surface area contributed by atoms with Gasteiger partial charge in [0.05, 0.1) is 17.3 Å². The van der Waals surface area contributed by atoms with Crippen molar-refractivity contribution < 1.29 is 9.63 Å². The second kappa shape index (κ2) is 4.00. The van der Waals surface area contributed by atoms with Crippen LogP contribution in [0.5, 0.6) is 0 Å². The van der Waals surface area contributed by atoms with Gasteiger partial charge in [-0.3, -0.25) is 4.98 Å². The van der Waals surface area contributed by atoms with Crippen molar-refractivity contribution >= 4 is 11.6 Å². The number of hydrogen-bond acceptors (Lipinski definition) is 4. The molecule has 0 amide bonds. The summed E-state index contributed by atoms with van der Waals surface area (Å²) in [4.78, 5) is 4.10. The van der Waals surface area contributed by atoms with Crippen molar-refractivity contribution in [3.05, 3.63) is 34.7 Å². The highest BCUT2D eigenvalue weighted by molar-refractivity contribution is 6.30. The Hall–Kier alpha value is -1.39. The Bertz CT molecular complexity index is 465. The first-order chi connectivity index (χ1) is 7.22. The monoisotopic (exact) mass is 224 g/mol. The van der Waals surface area contributed by atoms with Gasteiger partial charge in [0.25, 0.3) is 0 Å². The zero-order valence-corrected chi connectivity index (χ0v) is 8.82. The van der Waals surface area contributed by atoms with Gasteiger partial charge in [0.2, 0.25) is 0 Å². The third-order valence-electron chi connectivity index (χ3n) is 2.11. The fraction of sp³-hybridized carbons (Fsp3) is 0.200. The van der Waals surface area contributed by atoms with Crippen LogP contribution in [0.25, 0.3) is 11.4 Å². The zero-order valence-electron chi connectivity index (χ0n) is 8.07. The quantitative estimate of drug-likeness (QED) is 0.850. The Morgan fingerprint density at radius 2 is 2.27 bits per heavy atom. The first-order valence-electron chi connectivity index (χ1n) is 4.40. The van der Waals surface area contributed by atoms with E-state index in [0.717, 1.165) is 0 Å². The SMILES string of the molecule is Cc1onc(-c2ccc(Cl)cn2)c1CO. The van der Waals surface area contributed by atoms with E-state index >= 15 is 0 Å². The molecule has 2 heterocycles. The molecule has 0 saturated heterocycles. The molecule has 2 rings (SSSR count). The van der Waals surface area contributed by atoms with Crippen molar-refractivity contribution in [1.82, 2.24) is 10.1 Å². The molecule has 0 bridgehead atoms. The molecular formula is C10H9ClN2O2. The number of halogens is 1. The number of aromatic nitrogens is 2. The minimum absolute atomic E-state index is 0.116. The van der Waals surface area contributed by atoms with Gasteiger partial charge in [-0.2, -0.15) is 0 Å². The summed E-state index contributed by atoms with van der Waals surface area (Å²) in [6.45, 7) is 1.63. The van der Waals surface area contributed by atoms with E-state index in [1.807, 2.05) is 0 Å². The van der Waals surface area contributed by atoms with E-state index in [9.17, 15) is 0 Å². The van der Waals surface area contributed by atoms with E-state index in [1.54, 1.807) is 19.1 Å². The molecule has 0 aromatic carbocycles. The lowest BCUT2D eigenvalue weighted by Crippen LogP contribution is -1.90. The van der Waals surface area contributed by atoms with Crippen LogP contribution < -0.4 is 0 Å². The summed E-state index contributed by atoms with van der Waals surface area (Å²) in [7, 11) is 0. The van der Waals surface area contributed by atoms with Crippen molar-refractivity contribution in [3.63, 3.8) is 0 Å². The van der Waals surface area contributed by atoms with E-state index in [-0.39, 0.29) is 6.61 Å². The van der Waals surface area contributed by atoms with Crippen LogP contribution in [0.2, 0.25) is 5.02 Å². The van der Waals surface area contributed by atoms with Crippen LogP contribution in [0.15, 0.2) is 22.9 Å². The lowest BCUT2D eigenvalue weighted by Gasteiger charge is -1.97. The van der Waals surface area contributed by atoms with Gasteiger partial charge in [-0.15, -0.1) is 0 Å². The largest absolute Gasteiger partial charge is 0.391 e. The Morgan fingerprint density at radius 3 is 2.87 bits per heavy atom. The lowest BCUT2D eigenvalue weighted by atomic mass is 10.1. The number of aliphatic hydroxyl groups is 1. The van der Waals surface area contributed by atoms with Crippen molar-refractivity contribution in [2.75, 3.05) is 0 Å². The zero-order chi connectivity index (χ0) is 10.8. The Labute approximate surface area is 91.5 Å². The summed E-state index contributed by atoms with van der Waals surface area (Å²) in [5.74, 6) is 0.601. The van der Waals surface area contributed by atoms with Crippen LogP contribution in [-0.4, -0.2) is 15.2 Å². The molecule has 0 fully saturated rings. The third-order valence-corrected chi connectivity index (χ3v) is 2.34. The van der Waals surface area contributed by atoms with Gasteiger partial charge in [0.15, 0.2) is 0 Å². The highest BCUT2D eigenvalue weighted by Crippen LogP contribution is 2.24. The summed E-state index contributed by atoms with van der Waals surface area (Å²) < 4.78 is 4.99. The van der Waals surface area contributed by atoms with Crippen molar-refractivity contribution in [3.8, 4) is 11.4 Å². The van der Waals surface area contributed by atoms with E-state index in [1.165, 1.54) is 6.20 Å². The van der Waals surface area contributed by atoms with Crippen LogP contribution >= 0.6 is 11.6 Å². The Kier molecular flexibility index (Phi) is 2.70. The summed E-state index contributed by atoms with van der Waals surface area (Å²) in [5.41, 5.74) is 1.86. The topological polar surface area (TPSA) is 59.2 Å². The number of aliphatic hydroxyl groups excluding tert-OH is 1. The number of aryl methyl sites for hydroxylation is 1. The van der Waals surface area contributed by atoms with E-state index in [0.29, 0.717) is 27.7 Å². The van der Waals surface area contributed by atoms with Crippen LogP contribution in [0.1, 0.15) is 11.3 Å². The van der Waals surface area contributed by atoms with Crippen molar-refractivity contribution in [2.45, 2.75) is 13.5 Å². The average molecular weight is 225 g/mol. The maximum absolute atomic E-state index is 9.15. The van der Waals surface area contributed by atoms with Crippen molar-refractivity contribution in [2.24, 2.45) is 0 Å². The summed E-state index contributed by atoms with van der Waals surface area (Å²) >= 11 is 5.72. The molecular weight excluding hydrogens is 216 g/mol. The van der Waals surface area contributed by atoms with Gasteiger partial charge in [0.1, 0.15) is 11.5 Å². The molecule has 78 valence electrons. The predicted molar refractivity (Wildman–Crippen MR) is 55.4 cm³/mol. The third kappa shape index (κ3) is 1.86. The summed E-state index contributed by atoms with van der Waals surface area (Å²) in [6.07, 6.45) is 1.53. The fourth-order valence-electron chi connectivity index (χ4n) is 1.29. The highest BCUT2D eigenvalue weighted by atomic mass is 35.5. The van der Waals surface area contributed by atoms with Gasteiger partial charge in [-0.05, 0) is 19.1 Å². The predicted octanol–water partition coefficient (Wildman–Crippen LogP) is 2.19. The number of pyridine rings is 1. The Morgan fingerprint density at radius 1 is 1.47 bits per heavy atom. The minimum Gasteiger partial charge on any atom is -0.391 e. The number of nitrogens with zero attached hydrogens (tertiary/aromatic N) is 2. The lowest BCUT2D eigenvalue weighted by molar-refractivity contribution is 0.278. The maximum atomic E-state index is 9.15. The smallest absolute Gasteiger partial charge is 0.139 e. The minimum atomic E-state index is -0.116. The van der Waals surface area contributed by atoms with Gasteiger partial charge in [-0.25, -0.2) is 0 Å². The van der Waals surface area contributed by atoms with Gasteiger partial charge in [0, 0.05) is 11.8 Å². The number of rotatable bonds is 2. The van der Waals surface area contributed by atoms with E-state index < -0.39 is 0 Å². The average Bonchev–Trinajstić information content (AvgIpc) is 2.61. The van der Waals surface area contributed by atoms with E-state index in [2.05, 4.69) is 10.1 Å². The molecule has 0 unspecified atom stereocenters. The molecule has 0 atom stereocenters. The van der Waals surface area contributed by atoms with Crippen LogP contribution in [0.4, 0.5) is 0 Å². The first-order valence-corrected chi connectivity index (χ1v) is 4.78. The molecule has 15 heavy (non-hydrogen) atoms. The fourth-order valence-corrected chi connectivity index (χ4v) is 1.41. The molecule has 0 saturated carbocycles. The van der Waals surface area contributed by atoms with Gasteiger partial charge >= 0.3 is 0 Å². The molecule has 0 spiro atoms. The highest BCUT2D eigenvalue weighted by Gasteiger charge is 2.14. The van der Waals surface area contributed by atoms with Crippen molar-refractivity contribution in [1.29, 1.82) is 0 Å². The molecule has 4 nitrogen and oxygen atoms in total. The summed E-state index contributed by atoms with van der Waals surface area (Å²) in [6, 6.07) is 3.45. The van der Waals surface area contributed by atoms with Gasteiger partial charge < -0.3 is 9.63 Å². The van der Waals surface area contributed by atoms with Crippen LogP contribution in [0, 0.1) is 6.92 Å². The van der Waals surface area contributed by atoms with E-state index in [4.69, 9.17) is 21.2 Å². The molecule has 2 aromatic heterocycles. The molecule has 1 N–H and O–H groups in total. The number of hydrogen-bond donors (Lipinski definition) is 1. The standard InChI is InChI=1S/C10H9ClN2O2/c1-6-8(5-14)10(13-15-6)9-3-2-7(11)4-12-9/h2-4,14H,5H2,1H3. The second-order valence-electron chi connectivity index (χ2n) is 3.09. The normalized spacial score (nSPS) is 10.6. The molecule has 0 aliphatic heterocycles. The maximum Gasteiger partial charge on any atom is 0.139 e. The molecule has 0 aliphatic carbocycles. The summed E-state index contributed by atoms with van der Waals surface area (Å²) in [5, 5.41) is 13.6. The van der Waals surface area contributed by atoms with Gasteiger partial charge in [-0.1, -0.05) is 16.8 Å². The first kappa shape index (κ1) is 10.1. The van der Waals surface area contributed by atoms with Crippen LogP contribution in [-0.2, 0) is 6.61 Å². The Balaban J connectivity index is 2.49. The molecule has 0 radical (unpaired) electrons.